The van der Waals surface area contributed by atoms with Crippen molar-refractivity contribution in [2.45, 2.75) is 39.3 Å². The van der Waals surface area contributed by atoms with E-state index in [-0.39, 0.29) is 6.04 Å². The molecule has 0 bridgehead atoms. The van der Waals surface area contributed by atoms with Gasteiger partial charge in [0.05, 0.1) is 0 Å². The minimum atomic E-state index is -0.777. The predicted octanol–water partition coefficient (Wildman–Crippen LogP) is 3.59. The lowest BCUT2D eigenvalue weighted by Gasteiger charge is -2.42. The molecular weight excluding hydrogens is 270 g/mol. The van der Waals surface area contributed by atoms with Crippen molar-refractivity contribution < 1.29 is 8.78 Å². The normalized spacial score (nSPS) is 28.6. The summed E-state index contributed by atoms with van der Waals surface area (Å²) in [5.41, 5.74) is 0.413. The molecule has 0 spiro atoms. The minimum Gasteiger partial charge on any atom is -0.312 e. The van der Waals surface area contributed by atoms with Crippen LogP contribution in [-0.2, 0) is 0 Å². The van der Waals surface area contributed by atoms with Gasteiger partial charge in [0.1, 0.15) is 0 Å². The molecule has 4 unspecified atom stereocenters. The summed E-state index contributed by atoms with van der Waals surface area (Å²) < 4.78 is 27.4. The Labute approximate surface area is 126 Å². The quantitative estimate of drug-likeness (QED) is 0.913. The van der Waals surface area contributed by atoms with Crippen molar-refractivity contribution in [3.63, 3.8) is 0 Å². The van der Waals surface area contributed by atoms with Gasteiger partial charge in [-0.25, -0.2) is 8.78 Å². The molecule has 0 amide bonds. The van der Waals surface area contributed by atoms with Crippen LogP contribution in [0.1, 0.15) is 38.8 Å². The number of nitrogens with zero attached hydrogens (tertiary/aromatic N) is 1. The lowest BCUT2D eigenvalue weighted by Crippen LogP contribution is -2.48. The summed E-state index contributed by atoms with van der Waals surface area (Å²) in [7, 11) is 1.80. The maximum atomic E-state index is 14.0. The van der Waals surface area contributed by atoms with Crippen LogP contribution in [0.3, 0.4) is 0 Å². The number of hydrogen-bond donors (Lipinski definition) is 1. The largest absolute Gasteiger partial charge is 0.312 e. The van der Waals surface area contributed by atoms with Crippen molar-refractivity contribution in [2.24, 2.45) is 11.8 Å². The number of likely N-dealkylation sites (N-methyl/N-ethyl adjacent to an activating group) is 1. The second kappa shape index (κ2) is 6.84. The van der Waals surface area contributed by atoms with Gasteiger partial charge in [-0.2, -0.15) is 0 Å². The Morgan fingerprint density at radius 2 is 2.00 bits per heavy atom. The number of nitrogens with one attached hydrogen (secondary N) is 1. The zero-order valence-electron chi connectivity index (χ0n) is 13.4. The monoisotopic (exact) mass is 296 g/mol. The van der Waals surface area contributed by atoms with E-state index in [2.05, 4.69) is 31.0 Å². The van der Waals surface area contributed by atoms with E-state index in [4.69, 9.17) is 0 Å². The Bertz CT molecular complexity index is 478. The molecule has 1 fully saturated rings. The molecule has 0 radical (unpaired) electrons. The molecule has 4 heteroatoms. The van der Waals surface area contributed by atoms with Gasteiger partial charge in [-0.1, -0.05) is 26.0 Å². The van der Waals surface area contributed by atoms with Gasteiger partial charge in [-0.05, 0) is 38.3 Å². The Hall–Kier alpha value is -1.00. The fourth-order valence-corrected chi connectivity index (χ4v) is 3.44. The zero-order chi connectivity index (χ0) is 15.6. The molecule has 0 aromatic heterocycles. The average molecular weight is 296 g/mol. The third kappa shape index (κ3) is 3.61. The van der Waals surface area contributed by atoms with E-state index >= 15 is 0 Å². The van der Waals surface area contributed by atoms with Gasteiger partial charge in [0.25, 0.3) is 0 Å². The summed E-state index contributed by atoms with van der Waals surface area (Å²) in [6, 6.07) is 4.68. The highest BCUT2D eigenvalue weighted by Gasteiger charge is 2.30. The molecule has 0 aliphatic carbocycles. The molecule has 1 aromatic carbocycles. The van der Waals surface area contributed by atoms with Crippen LogP contribution in [0.15, 0.2) is 18.2 Å². The zero-order valence-corrected chi connectivity index (χ0v) is 13.4. The number of piperidine rings is 1. The Morgan fingerprint density at radius 1 is 1.29 bits per heavy atom. The van der Waals surface area contributed by atoms with Gasteiger partial charge < -0.3 is 5.32 Å². The average Bonchev–Trinajstić information content (AvgIpc) is 2.44. The first kappa shape index (κ1) is 16.4. The molecule has 2 nitrogen and oxygen atoms in total. The van der Waals surface area contributed by atoms with Crippen molar-refractivity contribution in [2.75, 3.05) is 20.1 Å². The van der Waals surface area contributed by atoms with Crippen LogP contribution in [0.5, 0.6) is 0 Å². The van der Waals surface area contributed by atoms with E-state index in [0.29, 0.717) is 30.0 Å². The molecule has 1 saturated heterocycles. The molecule has 1 aromatic rings. The van der Waals surface area contributed by atoms with Crippen molar-refractivity contribution >= 4 is 0 Å². The summed E-state index contributed by atoms with van der Waals surface area (Å²) in [5, 5.41) is 3.14. The van der Waals surface area contributed by atoms with Gasteiger partial charge in [-0.3, -0.25) is 4.90 Å². The topological polar surface area (TPSA) is 15.3 Å². The highest BCUT2D eigenvalue weighted by molar-refractivity contribution is 5.23. The number of likely N-dealkylation sites (tertiary alicyclic amines) is 1. The van der Waals surface area contributed by atoms with Gasteiger partial charge in [0.15, 0.2) is 11.6 Å². The molecule has 1 heterocycles. The van der Waals surface area contributed by atoms with Gasteiger partial charge in [0.2, 0.25) is 0 Å². The number of hydrogen-bond acceptors (Lipinski definition) is 2. The molecule has 2 rings (SSSR count). The smallest absolute Gasteiger partial charge is 0.163 e. The highest BCUT2D eigenvalue weighted by Crippen LogP contribution is 2.29. The van der Waals surface area contributed by atoms with Crippen LogP contribution in [0.25, 0.3) is 0 Å². The Kier molecular flexibility index (Phi) is 5.33. The van der Waals surface area contributed by atoms with E-state index in [0.717, 1.165) is 6.54 Å². The summed E-state index contributed by atoms with van der Waals surface area (Å²) in [6.07, 6.45) is 1.23. The van der Waals surface area contributed by atoms with Crippen molar-refractivity contribution in [3.8, 4) is 0 Å². The molecule has 4 atom stereocenters. The third-order valence-electron chi connectivity index (χ3n) is 4.84. The molecule has 118 valence electrons. The van der Waals surface area contributed by atoms with E-state index < -0.39 is 11.6 Å². The maximum Gasteiger partial charge on any atom is 0.163 e. The van der Waals surface area contributed by atoms with E-state index in [1.165, 1.54) is 12.5 Å². The van der Waals surface area contributed by atoms with Crippen LogP contribution >= 0.6 is 0 Å². The molecule has 21 heavy (non-hydrogen) atoms. The fourth-order valence-electron chi connectivity index (χ4n) is 3.44. The fraction of sp³-hybridized carbons (Fsp3) is 0.647. The predicted molar refractivity (Wildman–Crippen MR) is 82.1 cm³/mol. The number of rotatable bonds is 4. The molecule has 1 aliphatic rings. The van der Waals surface area contributed by atoms with Crippen LogP contribution in [0, 0.1) is 23.5 Å². The molecular formula is C17H26F2N2. The van der Waals surface area contributed by atoms with Gasteiger partial charge in [0, 0.05) is 30.7 Å². The maximum absolute atomic E-state index is 14.0. The number of halogens is 2. The third-order valence-corrected chi connectivity index (χ3v) is 4.84. The second-order valence-electron chi connectivity index (χ2n) is 6.50. The molecule has 1 aliphatic heterocycles. The first-order valence-electron chi connectivity index (χ1n) is 7.79. The van der Waals surface area contributed by atoms with Crippen LogP contribution in [0.2, 0.25) is 0 Å². The summed E-state index contributed by atoms with van der Waals surface area (Å²) >= 11 is 0. The van der Waals surface area contributed by atoms with Crippen LogP contribution < -0.4 is 5.32 Å². The summed E-state index contributed by atoms with van der Waals surface area (Å²) in [6.45, 7) is 8.47. The SMILES string of the molecule is CNC(CN1CC(C)CC(C)C1C)c1cccc(F)c1F. The van der Waals surface area contributed by atoms with Crippen LogP contribution in [-0.4, -0.2) is 31.1 Å². The lowest BCUT2D eigenvalue weighted by atomic mass is 9.85. The standard InChI is InChI=1S/C17H26F2N2/c1-11-8-12(2)13(3)21(9-11)10-16(20-4)14-6-5-7-15(18)17(14)19/h5-7,11-13,16,20H,8-10H2,1-4H3. The minimum absolute atomic E-state index is 0.194. The Morgan fingerprint density at radius 3 is 2.67 bits per heavy atom. The van der Waals surface area contributed by atoms with Gasteiger partial charge >= 0.3 is 0 Å². The van der Waals surface area contributed by atoms with E-state index in [9.17, 15) is 8.78 Å². The molecule has 1 N–H and O–H groups in total. The first-order chi connectivity index (χ1) is 9.93. The van der Waals surface area contributed by atoms with E-state index in [1.54, 1.807) is 19.2 Å². The Balaban J connectivity index is 2.17. The second-order valence-corrected chi connectivity index (χ2v) is 6.50. The highest BCUT2D eigenvalue weighted by atomic mass is 19.2. The number of benzene rings is 1. The first-order valence-corrected chi connectivity index (χ1v) is 7.79. The van der Waals surface area contributed by atoms with Crippen molar-refractivity contribution in [3.05, 3.63) is 35.4 Å². The molecule has 0 saturated carbocycles. The lowest BCUT2D eigenvalue weighted by molar-refractivity contribution is 0.0706. The van der Waals surface area contributed by atoms with Gasteiger partial charge in [-0.15, -0.1) is 0 Å². The summed E-state index contributed by atoms with van der Waals surface area (Å²) in [4.78, 5) is 2.39. The van der Waals surface area contributed by atoms with Crippen molar-refractivity contribution in [1.82, 2.24) is 10.2 Å². The van der Waals surface area contributed by atoms with Crippen molar-refractivity contribution in [1.29, 1.82) is 0 Å². The van der Waals surface area contributed by atoms with E-state index in [1.807, 2.05) is 0 Å². The van der Waals surface area contributed by atoms with Crippen LogP contribution in [0.4, 0.5) is 8.78 Å². The summed E-state index contributed by atoms with van der Waals surface area (Å²) in [5.74, 6) is -0.238.